The van der Waals surface area contributed by atoms with Crippen LogP contribution in [0.3, 0.4) is 0 Å². The van der Waals surface area contributed by atoms with Crippen LogP contribution in [0.25, 0.3) is 10.9 Å². The Labute approximate surface area is 135 Å². The molecule has 4 nitrogen and oxygen atoms in total. The molecular weight excluding hydrogens is 350 g/mol. The van der Waals surface area contributed by atoms with Gasteiger partial charge in [0.1, 0.15) is 0 Å². The van der Waals surface area contributed by atoms with Crippen molar-refractivity contribution < 1.29 is 4.79 Å². The lowest BCUT2D eigenvalue weighted by Crippen LogP contribution is -2.26. The number of aromatic nitrogens is 2. The van der Waals surface area contributed by atoms with Crippen molar-refractivity contribution in [3.63, 3.8) is 0 Å². The molecule has 3 rings (SSSR count). The molecule has 0 fully saturated rings. The number of halogens is 1. The molecule has 0 unspecified atom stereocenters. The normalized spacial score (nSPS) is 11.0. The smallest absolute Gasteiger partial charge is 0.275 e. The quantitative estimate of drug-likeness (QED) is 0.711. The van der Waals surface area contributed by atoms with E-state index in [1.807, 2.05) is 42.8 Å². The second-order valence-corrected chi connectivity index (χ2v) is 6.79. The molecule has 108 valence electrons. The summed E-state index contributed by atoms with van der Waals surface area (Å²) in [7, 11) is 3.66. The number of benzene rings is 1. The van der Waals surface area contributed by atoms with Crippen LogP contribution in [0.5, 0.6) is 0 Å². The molecule has 21 heavy (non-hydrogen) atoms. The van der Waals surface area contributed by atoms with E-state index in [-0.39, 0.29) is 5.91 Å². The SMILES string of the molecule is CN(Cc1cc(Br)cs1)C(=O)c1nn(C)c2ccccc12. The molecule has 0 bridgehead atoms. The monoisotopic (exact) mass is 363 g/mol. The van der Waals surface area contributed by atoms with Gasteiger partial charge in [-0.3, -0.25) is 9.48 Å². The molecule has 0 aliphatic rings. The number of aryl methyl sites for hydroxylation is 1. The first-order valence-corrected chi connectivity index (χ1v) is 8.13. The van der Waals surface area contributed by atoms with Gasteiger partial charge in [0.2, 0.25) is 0 Å². The molecule has 0 spiro atoms. The third-order valence-electron chi connectivity index (χ3n) is 3.32. The molecule has 6 heteroatoms. The van der Waals surface area contributed by atoms with Gasteiger partial charge in [-0.25, -0.2) is 0 Å². The molecule has 0 N–H and O–H groups in total. The minimum atomic E-state index is -0.0590. The lowest BCUT2D eigenvalue weighted by atomic mass is 10.2. The third kappa shape index (κ3) is 2.73. The molecule has 1 aromatic carbocycles. The van der Waals surface area contributed by atoms with Gasteiger partial charge >= 0.3 is 0 Å². The van der Waals surface area contributed by atoms with E-state index < -0.39 is 0 Å². The predicted octanol–water partition coefficient (Wildman–Crippen LogP) is 3.67. The third-order valence-corrected chi connectivity index (χ3v) is 5.00. The number of nitrogens with zero attached hydrogens (tertiary/aromatic N) is 3. The molecule has 0 radical (unpaired) electrons. The molecule has 0 atom stereocenters. The molecule has 0 aliphatic carbocycles. The fourth-order valence-corrected chi connectivity index (χ4v) is 3.80. The van der Waals surface area contributed by atoms with Crippen LogP contribution in [0.15, 0.2) is 40.2 Å². The summed E-state index contributed by atoms with van der Waals surface area (Å²) in [6, 6.07) is 9.81. The summed E-state index contributed by atoms with van der Waals surface area (Å²) in [5.74, 6) is -0.0590. The number of para-hydroxylation sites is 1. The lowest BCUT2D eigenvalue weighted by molar-refractivity contribution is 0.0781. The Hall–Kier alpha value is -1.66. The van der Waals surface area contributed by atoms with Crippen LogP contribution in [0.1, 0.15) is 15.4 Å². The summed E-state index contributed by atoms with van der Waals surface area (Å²) in [4.78, 5) is 15.5. The van der Waals surface area contributed by atoms with Crippen molar-refractivity contribution in [2.75, 3.05) is 7.05 Å². The summed E-state index contributed by atoms with van der Waals surface area (Å²) < 4.78 is 2.80. The van der Waals surface area contributed by atoms with Crippen molar-refractivity contribution in [3.8, 4) is 0 Å². The maximum atomic E-state index is 12.6. The van der Waals surface area contributed by atoms with Gasteiger partial charge in [-0.1, -0.05) is 18.2 Å². The number of hydrogen-bond donors (Lipinski definition) is 0. The highest BCUT2D eigenvalue weighted by molar-refractivity contribution is 9.10. The van der Waals surface area contributed by atoms with Crippen molar-refractivity contribution >= 4 is 44.1 Å². The maximum Gasteiger partial charge on any atom is 0.275 e. The average molecular weight is 364 g/mol. The first kappa shape index (κ1) is 14.3. The second-order valence-electron chi connectivity index (χ2n) is 4.88. The number of hydrogen-bond acceptors (Lipinski definition) is 3. The first-order valence-electron chi connectivity index (χ1n) is 6.46. The van der Waals surface area contributed by atoms with Crippen molar-refractivity contribution in [2.45, 2.75) is 6.54 Å². The van der Waals surface area contributed by atoms with E-state index in [0.717, 1.165) is 20.3 Å². The molecule has 0 aliphatic heterocycles. The lowest BCUT2D eigenvalue weighted by Gasteiger charge is -2.14. The van der Waals surface area contributed by atoms with E-state index in [9.17, 15) is 4.79 Å². The van der Waals surface area contributed by atoms with Gasteiger partial charge in [0, 0.05) is 34.2 Å². The van der Waals surface area contributed by atoms with E-state index in [0.29, 0.717) is 12.2 Å². The molecule has 2 aromatic heterocycles. The number of carbonyl (C=O) groups excluding carboxylic acids is 1. The van der Waals surface area contributed by atoms with E-state index in [4.69, 9.17) is 0 Å². The van der Waals surface area contributed by atoms with Gasteiger partial charge in [-0.05, 0) is 28.1 Å². The number of fused-ring (bicyclic) bond motifs is 1. The summed E-state index contributed by atoms with van der Waals surface area (Å²) in [5, 5.41) is 7.29. The highest BCUT2D eigenvalue weighted by atomic mass is 79.9. The number of thiophene rings is 1. The standard InChI is InChI=1S/C15H14BrN3OS/c1-18(8-11-7-10(16)9-21-11)15(20)14-12-5-3-4-6-13(12)19(2)17-14/h3-7,9H,8H2,1-2H3. The van der Waals surface area contributed by atoms with E-state index in [1.165, 1.54) is 0 Å². The molecule has 2 heterocycles. The van der Waals surface area contributed by atoms with Crippen LogP contribution < -0.4 is 0 Å². The highest BCUT2D eigenvalue weighted by Crippen LogP contribution is 2.23. The molecule has 1 amide bonds. The predicted molar refractivity (Wildman–Crippen MR) is 88.5 cm³/mol. The van der Waals surface area contributed by atoms with Crippen LogP contribution in [-0.4, -0.2) is 27.6 Å². The van der Waals surface area contributed by atoms with Crippen LogP contribution in [0.2, 0.25) is 0 Å². The average Bonchev–Trinajstić information content (AvgIpc) is 3.03. The zero-order valence-electron chi connectivity index (χ0n) is 11.7. The van der Waals surface area contributed by atoms with Crippen LogP contribution in [-0.2, 0) is 13.6 Å². The Morgan fingerprint density at radius 2 is 2.19 bits per heavy atom. The number of rotatable bonds is 3. The van der Waals surface area contributed by atoms with E-state index in [1.54, 1.807) is 28.0 Å². The summed E-state index contributed by atoms with van der Waals surface area (Å²) >= 11 is 5.06. The Morgan fingerprint density at radius 3 is 2.90 bits per heavy atom. The minimum absolute atomic E-state index is 0.0590. The minimum Gasteiger partial charge on any atom is -0.335 e. The van der Waals surface area contributed by atoms with Crippen LogP contribution in [0.4, 0.5) is 0 Å². The summed E-state index contributed by atoms with van der Waals surface area (Å²) in [6.45, 7) is 0.583. The molecule has 3 aromatic rings. The largest absolute Gasteiger partial charge is 0.335 e. The van der Waals surface area contributed by atoms with Crippen molar-refractivity contribution in [1.82, 2.24) is 14.7 Å². The first-order chi connectivity index (χ1) is 10.1. The van der Waals surface area contributed by atoms with Gasteiger partial charge < -0.3 is 4.90 Å². The fourth-order valence-electron chi connectivity index (χ4n) is 2.29. The van der Waals surface area contributed by atoms with Crippen LogP contribution in [0, 0.1) is 0 Å². The van der Waals surface area contributed by atoms with Crippen molar-refractivity contribution in [3.05, 3.63) is 50.8 Å². The van der Waals surface area contributed by atoms with Gasteiger partial charge in [0.25, 0.3) is 5.91 Å². The highest BCUT2D eigenvalue weighted by Gasteiger charge is 2.19. The zero-order chi connectivity index (χ0) is 15.0. The van der Waals surface area contributed by atoms with Crippen molar-refractivity contribution in [2.24, 2.45) is 7.05 Å². The van der Waals surface area contributed by atoms with E-state index in [2.05, 4.69) is 21.0 Å². The van der Waals surface area contributed by atoms with E-state index >= 15 is 0 Å². The fraction of sp³-hybridized carbons (Fsp3) is 0.200. The van der Waals surface area contributed by atoms with Gasteiger partial charge in [-0.15, -0.1) is 11.3 Å². The maximum absolute atomic E-state index is 12.6. The second kappa shape index (κ2) is 5.61. The molecule has 0 saturated carbocycles. The van der Waals surface area contributed by atoms with Gasteiger partial charge in [0.15, 0.2) is 5.69 Å². The Balaban J connectivity index is 1.89. The summed E-state index contributed by atoms with van der Waals surface area (Å²) in [5.41, 5.74) is 1.47. The number of amides is 1. The zero-order valence-corrected chi connectivity index (χ0v) is 14.1. The topological polar surface area (TPSA) is 38.1 Å². The van der Waals surface area contributed by atoms with Gasteiger partial charge in [0.05, 0.1) is 12.1 Å². The van der Waals surface area contributed by atoms with Crippen LogP contribution >= 0.6 is 27.3 Å². The van der Waals surface area contributed by atoms with Gasteiger partial charge in [-0.2, -0.15) is 5.10 Å². The van der Waals surface area contributed by atoms with Crippen molar-refractivity contribution in [1.29, 1.82) is 0 Å². The Kier molecular flexibility index (Phi) is 3.82. The number of carbonyl (C=O) groups is 1. The Morgan fingerprint density at radius 1 is 1.43 bits per heavy atom. The Bertz CT molecular complexity index is 808. The summed E-state index contributed by atoms with van der Waals surface area (Å²) in [6.07, 6.45) is 0. The molecular formula is C15H14BrN3OS. The molecule has 0 saturated heterocycles.